The maximum atomic E-state index is 13.7. The molecular formula is C17H16FN3. The molecule has 0 bridgehead atoms. The van der Waals surface area contributed by atoms with E-state index in [1.807, 2.05) is 12.1 Å². The maximum absolute atomic E-state index is 13.7. The Balaban J connectivity index is 1.55. The number of H-pyrrole nitrogens is 1. The number of halogens is 1. The molecule has 3 nitrogen and oxygen atoms in total. The highest BCUT2D eigenvalue weighted by atomic mass is 19.1. The van der Waals surface area contributed by atoms with Gasteiger partial charge in [0.15, 0.2) is 0 Å². The molecule has 0 spiro atoms. The lowest BCUT2D eigenvalue weighted by Gasteiger charge is -2.29. The number of fused-ring (bicyclic) bond motifs is 2. The number of nitrogens with one attached hydrogen (secondary N) is 1. The Morgan fingerprint density at radius 2 is 2.19 bits per heavy atom. The van der Waals surface area contributed by atoms with Gasteiger partial charge in [-0.2, -0.15) is 0 Å². The van der Waals surface area contributed by atoms with Gasteiger partial charge in [-0.3, -0.25) is 4.90 Å². The molecule has 3 aromatic rings. The molecule has 0 fully saturated rings. The largest absolute Gasteiger partial charge is 0.345 e. The lowest BCUT2D eigenvalue weighted by molar-refractivity contribution is 0.243. The Morgan fingerprint density at radius 3 is 3.14 bits per heavy atom. The summed E-state index contributed by atoms with van der Waals surface area (Å²) in [5.41, 5.74) is 5.31. The zero-order valence-electron chi connectivity index (χ0n) is 11.6. The van der Waals surface area contributed by atoms with Gasteiger partial charge in [-0.05, 0) is 41.3 Å². The molecule has 1 aromatic heterocycles. The highest BCUT2D eigenvalue weighted by molar-refractivity contribution is 5.75. The summed E-state index contributed by atoms with van der Waals surface area (Å²) < 4.78 is 13.7. The minimum Gasteiger partial charge on any atom is -0.345 e. The van der Waals surface area contributed by atoms with Crippen molar-refractivity contribution in [1.29, 1.82) is 0 Å². The first-order valence-electron chi connectivity index (χ1n) is 7.20. The third-order valence-electron chi connectivity index (χ3n) is 4.18. The molecule has 106 valence electrons. The van der Waals surface area contributed by atoms with Crippen LogP contribution in [0, 0.1) is 5.82 Å². The Bertz CT molecular complexity index is 794. The Hall–Kier alpha value is -2.20. The smallest absolute Gasteiger partial charge is 0.126 e. The number of imidazole rings is 1. The Morgan fingerprint density at radius 1 is 1.24 bits per heavy atom. The SMILES string of the molecule is Fc1cccc2c1CCN(Cc1ccc3nc[nH]c3c1)C2. The molecule has 4 heteroatoms. The topological polar surface area (TPSA) is 31.9 Å². The van der Waals surface area contributed by atoms with E-state index in [-0.39, 0.29) is 5.82 Å². The van der Waals surface area contributed by atoms with Gasteiger partial charge in [0.2, 0.25) is 0 Å². The van der Waals surface area contributed by atoms with Gasteiger partial charge in [-0.1, -0.05) is 18.2 Å². The fourth-order valence-corrected chi connectivity index (χ4v) is 3.10. The van der Waals surface area contributed by atoms with Crippen LogP contribution in [0.2, 0.25) is 0 Å². The summed E-state index contributed by atoms with van der Waals surface area (Å²) >= 11 is 0. The van der Waals surface area contributed by atoms with Crippen molar-refractivity contribution in [1.82, 2.24) is 14.9 Å². The summed E-state index contributed by atoms with van der Waals surface area (Å²) in [5.74, 6) is -0.0639. The molecule has 1 aliphatic heterocycles. The fraction of sp³-hybridized carbons (Fsp3) is 0.235. The van der Waals surface area contributed by atoms with Crippen LogP contribution in [0.25, 0.3) is 11.0 Å². The van der Waals surface area contributed by atoms with E-state index in [2.05, 4.69) is 27.0 Å². The summed E-state index contributed by atoms with van der Waals surface area (Å²) in [6.45, 7) is 2.59. The zero-order valence-corrected chi connectivity index (χ0v) is 11.6. The number of rotatable bonds is 2. The number of benzene rings is 2. The van der Waals surface area contributed by atoms with Crippen LogP contribution in [0.1, 0.15) is 16.7 Å². The van der Waals surface area contributed by atoms with Crippen LogP contribution in [0.4, 0.5) is 4.39 Å². The monoisotopic (exact) mass is 281 g/mol. The van der Waals surface area contributed by atoms with E-state index < -0.39 is 0 Å². The Labute approximate surface area is 122 Å². The highest BCUT2D eigenvalue weighted by Crippen LogP contribution is 2.23. The predicted molar refractivity (Wildman–Crippen MR) is 80.3 cm³/mol. The van der Waals surface area contributed by atoms with Crippen LogP contribution in [-0.2, 0) is 19.5 Å². The Kier molecular flexibility index (Phi) is 2.97. The van der Waals surface area contributed by atoms with E-state index in [4.69, 9.17) is 0 Å². The number of hydrogen-bond donors (Lipinski definition) is 1. The molecule has 4 rings (SSSR count). The first-order chi connectivity index (χ1) is 10.3. The number of aromatic amines is 1. The van der Waals surface area contributed by atoms with Crippen LogP contribution in [0.15, 0.2) is 42.7 Å². The van der Waals surface area contributed by atoms with E-state index in [1.54, 1.807) is 18.5 Å². The molecule has 2 heterocycles. The van der Waals surface area contributed by atoms with Crippen molar-refractivity contribution in [2.75, 3.05) is 6.54 Å². The standard InChI is InChI=1S/C17H16FN3/c18-15-3-1-2-13-10-21(7-6-14(13)15)9-12-4-5-16-17(8-12)20-11-19-16/h1-5,8,11H,6-7,9-10H2,(H,19,20). The van der Waals surface area contributed by atoms with E-state index >= 15 is 0 Å². The van der Waals surface area contributed by atoms with Gasteiger partial charge in [0.1, 0.15) is 5.82 Å². The molecule has 0 amide bonds. The van der Waals surface area contributed by atoms with Crippen LogP contribution >= 0.6 is 0 Å². The average Bonchev–Trinajstić information content (AvgIpc) is 2.95. The van der Waals surface area contributed by atoms with Gasteiger partial charge in [0.25, 0.3) is 0 Å². The second-order valence-corrected chi connectivity index (χ2v) is 5.59. The predicted octanol–water partition coefficient (Wildman–Crippen LogP) is 3.26. The van der Waals surface area contributed by atoms with E-state index in [1.165, 1.54) is 5.56 Å². The minimum atomic E-state index is -0.0639. The number of nitrogens with zero attached hydrogens (tertiary/aromatic N) is 2. The van der Waals surface area contributed by atoms with E-state index in [9.17, 15) is 4.39 Å². The normalized spacial score (nSPS) is 15.3. The van der Waals surface area contributed by atoms with Crippen LogP contribution in [0.5, 0.6) is 0 Å². The van der Waals surface area contributed by atoms with E-state index in [0.717, 1.165) is 48.2 Å². The van der Waals surface area contributed by atoms with Gasteiger partial charge < -0.3 is 4.98 Å². The van der Waals surface area contributed by atoms with Crippen LogP contribution < -0.4 is 0 Å². The molecule has 0 radical (unpaired) electrons. The van der Waals surface area contributed by atoms with Gasteiger partial charge >= 0.3 is 0 Å². The summed E-state index contributed by atoms with van der Waals surface area (Å²) in [5, 5.41) is 0. The second kappa shape index (κ2) is 4.97. The summed E-state index contributed by atoms with van der Waals surface area (Å²) in [7, 11) is 0. The van der Waals surface area contributed by atoms with Crippen molar-refractivity contribution >= 4 is 11.0 Å². The quantitative estimate of drug-likeness (QED) is 0.782. The first-order valence-corrected chi connectivity index (χ1v) is 7.20. The molecule has 0 unspecified atom stereocenters. The van der Waals surface area contributed by atoms with Crippen LogP contribution in [0.3, 0.4) is 0 Å². The third kappa shape index (κ3) is 2.32. The highest BCUT2D eigenvalue weighted by Gasteiger charge is 2.18. The molecule has 21 heavy (non-hydrogen) atoms. The van der Waals surface area contributed by atoms with Gasteiger partial charge in [-0.25, -0.2) is 9.37 Å². The van der Waals surface area contributed by atoms with Crippen molar-refractivity contribution in [2.45, 2.75) is 19.5 Å². The molecule has 2 aromatic carbocycles. The molecule has 1 aliphatic rings. The number of hydrogen-bond acceptors (Lipinski definition) is 2. The van der Waals surface area contributed by atoms with Gasteiger partial charge in [-0.15, -0.1) is 0 Å². The van der Waals surface area contributed by atoms with Gasteiger partial charge in [0, 0.05) is 19.6 Å². The van der Waals surface area contributed by atoms with Crippen LogP contribution in [-0.4, -0.2) is 21.4 Å². The maximum Gasteiger partial charge on any atom is 0.126 e. The molecule has 0 saturated heterocycles. The molecule has 0 aliphatic carbocycles. The second-order valence-electron chi connectivity index (χ2n) is 5.59. The lowest BCUT2D eigenvalue weighted by Crippen LogP contribution is -2.30. The van der Waals surface area contributed by atoms with Crippen molar-refractivity contribution < 1.29 is 4.39 Å². The molecule has 1 N–H and O–H groups in total. The average molecular weight is 281 g/mol. The summed E-state index contributed by atoms with van der Waals surface area (Å²) in [4.78, 5) is 9.74. The fourth-order valence-electron chi connectivity index (χ4n) is 3.10. The van der Waals surface area contributed by atoms with Crippen molar-refractivity contribution in [3.8, 4) is 0 Å². The third-order valence-corrected chi connectivity index (χ3v) is 4.18. The first kappa shape index (κ1) is 12.5. The van der Waals surface area contributed by atoms with Gasteiger partial charge in [0.05, 0.1) is 17.4 Å². The molecular weight excluding hydrogens is 265 g/mol. The summed E-state index contributed by atoms with van der Waals surface area (Å²) in [6, 6.07) is 11.7. The molecule has 0 saturated carbocycles. The number of aromatic nitrogens is 2. The van der Waals surface area contributed by atoms with Crippen molar-refractivity contribution in [3.05, 3.63) is 65.2 Å². The molecule has 0 atom stereocenters. The van der Waals surface area contributed by atoms with Crippen molar-refractivity contribution in [3.63, 3.8) is 0 Å². The zero-order chi connectivity index (χ0) is 14.2. The minimum absolute atomic E-state index is 0.0639. The summed E-state index contributed by atoms with van der Waals surface area (Å²) in [6.07, 6.45) is 2.50. The lowest BCUT2D eigenvalue weighted by atomic mass is 9.99. The van der Waals surface area contributed by atoms with E-state index in [0.29, 0.717) is 0 Å². The van der Waals surface area contributed by atoms with Crippen molar-refractivity contribution in [2.24, 2.45) is 0 Å².